The van der Waals surface area contributed by atoms with Crippen LogP contribution in [0.5, 0.6) is 0 Å². The van der Waals surface area contributed by atoms with Crippen LogP contribution < -0.4 is 10.9 Å². The number of fused-ring (bicyclic) bond motifs is 2. The molecule has 0 radical (unpaired) electrons. The largest absolute Gasteiger partial charge is 0.325 e. The Hall–Kier alpha value is -2.64. The number of anilines is 1. The van der Waals surface area contributed by atoms with Crippen LogP contribution in [0.2, 0.25) is 0 Å². The molecule has 4 aromatic rings. The number of hydrogen-bond acceptors (Lipinski definition) is 5. The van der Waals surface area contributed by atoms with Crippen LogP contribution in [0.15, 0.2) is 58.5 Å². The first-order valence-corrected chi connectivity index (χ1v) is 9.81. The molecule has 0 unspecified atom stereocenters. The van der Waals surface area contributed by atoms with E-state index in [0.717, 1.165) is 21.3 Å². The summed E-state index contributed by atoms with van der Waals surface area (Å²) in [4.78, 5) is 33.3. The molecular formula is C19H15N3O2S2. The van der Waals surface area contributed by atoms with Gasteiger partial charge in [0.1, 0.15) is 4.83 Å². The number of amides is 1. The molecule has 0 aliphatic heterocycles. The summed E-state index contributed by atoms with van der Waals surface area (Å²) in [5.74, 6) is 0.0265. The second-order valence-electron chi connectivity index (χ2n) is 5.81. The SMILES string of the molecule is Cc1cc2c(=O)[nH]c(SCC(=O)Nc3cccc4ccccc34)nc2s1. The zero-order chi connectivity index (χ0) is 18.1. The van der Waals surface area contributed by atoms with E-state index in [2.05, 4.69) is 15.3 Å². The van der Waals surface area contributed by atoms with Crippen LogP contribution >= 0.6 is 23.1 Å². The number of benzene rings is 2. The minimum Gasteiger partial charge on any atom is -0.325 e. The van der Waals surface area contributed by atoms with Crippen molar-refractivity contribution in [3.63, 3.8) is 0 Å². The Kier molecular flexibility index (Phi) is 4.48. The zero-order valence-corrected chi connectivity index (χ0v) is 15.5. The van der Waals surface area contributed by atoms with Gasteiger partial charge in [0, 0.05) is 16.0 Å². The van der Waals surface area contributed by atoms with Crippen molar-refractivity contribution in [2.75, 3.05) is 11.1 Å². The Morgan fingerprint density at radius 3 is 2.88 bits per heavy atom. The van der Waals surface area contributed by atoms with Gasteiger partial charge in [-0.2, -0.15) is 0 Å². The minimum absolute atomic E-state index is 0.142. The molecule has 0 saturated carbocycles. The van der Waals surface area contributed by atoms with E-state index >= 15 is 0 Å². The van der Waals surface area contributed by atoms with Crippen molar-refractivity contribution in [3.05, 3.63) is 63.8 Å². The van der Waals surface area contributed by atoms with Gasteiger partial charge in [-0.3, -0.25) is 9.59 Å². The number of H-pyrrole nitrogens is 1. The van der Waals surface area contributed by atoms with Crippen LogP contribution in [0.4, 0.5) is 5.69 Å². The van der Waals surface area contributed by atoms with Gasteiger partial charge < -0.3 is 10.3 Å². The van der Waals surface area contributed by atoms with Crippen molar-refractivity contribution in [1.29, 1.82) is 0 Å². The third kappa shape index (κ3) is 3.36. The van der Waals surface area contributed by atoms with Crippen LogP contribution in [0.3, 0.4) is 0 Å². The smallest absolute Gasteiger partial charge is 0.260 e. The number of nitrogens with zero attached hydrogens (tertiary/aromatic N) is 1. The zero-order valence-electron chi connectivity index (χ0n) is 13.9. The Morgan fingerprint density at radius 1 is 1.19 bits per heavy atom. The second-order valence-corrected chi connectivity index (χ2v) is 8.01. The topological polar surface area (TPSA) is 74.8 Å². The lowest BCUT2D eigenvalue weighted by atomic mass is 10.1. The molecule has 4 rings (SSSR count). The summed E-state index contributed by atoms with van der Waals surface area (Å²) >= 11 is 2.69. The molecule has 0 fully saturated rings. The highest BCUT2D eigenvalue weighted by Crippen LogP contribution is 2.24. The number of carbonyl (C=O) groups is 1. The number of thiophene rings is 1. The highest BCUT2D eigenvalue weighted by Gasteiger charge is 2.10. The van der Waals surface area contributed by atoms with E-state index in [1.807, 2.05) is 55.5 Å². The van der Waals surface area contributed by atoms with Gasteiger partial charge in [-0.25, -0.2) is 4.98 Å². The molecule has 2 aromatic heterocycles. The van der Waals surface area contributed by atoms with E-state index in [1.165, 1.54) is 23.1 Å². The van der Waals surface area contributed by atoms with Gasteiger partial charge in [-0.05, 0) is 24.4 Å². The number of rotatable bonds is 4. The Morgan fingerprint density at radius 2 is 2.00 bits per heavy atom. The van der Waals surface area contributed by atoms with Crippen molar-refractivity contribution < 1.29 is 4.79 Å². The molecule has 0 spiro atoms. The first-order valence-electron chi connectivity index (χ1n) is 8.01. The predicted molar refractivity (Wildman–Crippen MR) is 108 cm³/mol. The highest BCUT2D eigenvalue weighted by atomic mass is 32.2. The van der Waals surface area contributed by atoms with E-state index in [0.29, 0.717) is 15.4 Å². The number of carbonyl (C=O) groups excluding carboxylic acids is 1. The molecule has 0 aliphatic carbocycles. The maximum absolute atomic E-state index is 12.3. The quantitative estimate of drug-likeness (QED) is 0.411. The second kappa shape index (κ2) is 6.93. The summed E-state index contributed by atoms with van der Waals surface area (Å²) in [7, 11) is 0. The fraction of sp³-hybridized carbons (Fsp3) is 0.105. The number of hydrogen-bond donors (Lipinski definition) is 2. The molecule has 7 heteroatoms. The van der Waals surface area contributed by atoms with Gasteiger partial charge in [0.05, 0.1) is 11.1 Å². The Labute approximate surface area is 157 Å². The molecule has 0 aliphatic rings. The standard InChI is InChI=1S/C19H15N3O2S2/c1-11-9-14-17(24)21-19(22-18(14)26-11)25-10-16(23)20-15-8-4-6-12-5-2-3-7-13(12)15/h2-9H,10H2,1H3,(H,20,23)(H,21,22,24). The van der Waals surface area contributed by atoms with Gasteiger partial charge in [0.15, 0.2) is 5.16 Å². The minimum atomic E-state index is -0.170. The summed E-state index contributed by atoms with van der Waals surface area (Å²) < 4.78 is 0. The first-order chi connectivity index (χ1) is 12.6. The number of aromatic nitrogens is 2. The maximum atomic E-state index is 12.3. The molecule has 130 valence electrons. The normalized spacial score (nSPS) is 11.1. The van der Waals surface area contributed by atoms with Gasteiger partial charge in [0.2, 0.25) is 5.91 Å². The monoisotopic (exact) mass is 381 g/mol. The first kappa shape index (κ1) is 16.8. The van der Waals surface area contributed by atoms with E-state index < -0.39 is 0 Å². The third-order valence-corrected chi connectivity index (χ3v) is 5.73. The van der Waals surface area contributed by atoms with Gasteiger partial charge in [-0.15, -0.1) is 11.3 Å². The molecule has 0 atom stereocenters. The number of aryl methyl sites for hydroxylation is 1. The lowest BCUT2D eigenvalue weighted by Gasteiger charge is -2.08. The Balaban J connectivity index is 1.49. The summed E-state index contributed by atoms with van der Waals surface area (Å²) in [6, 6.07) is 15.5. The van der Waals surface area contributed by atoms with Gasteiger partial charge in [0.25, 0.3) is 5.56 Å². The molecule has 2 heterocycles. The van der Waals surface area contributed by atoms with Crippen molar-refractivity contribution in [1.82, 2.24) is 9.97 Å². The number of thioether (sulfide) groups is 1. The van der Waals surface area contributed by atoms with Gasteiger partial charge >= 0.3 is 0 Å². The van der Waals surface area contributed by atoms with Crippen molar-refractivity contribution in [2.24, 2.45) is 0 Å². The molecule has 26 heavy (non-hydrogen) atoms. The van der Waals surface area contributed by atoms with Crippen molar-refractivity contribution >= 4 is 55.7 Å². The van der Waals surface area contributed by atoms with Crippen LogP contribution in [0.1, 0.15) is 4.88 Å². The van der Waals surface area contributed by atoms with Crippen LogP contribution in [-0.4, -0.2) is 21.6 Å². The lowest BCUT2D eigenvalue weighted by molar-refractivity contribution is -0.113. The molecular weight excluding hydrogens is 366 g/mol. The fourth-order valence-corrected chi connectivity index (χ4v) is 4.35. The fourth-order valence-electron chi connectivity index (χ4n) is 2.76. The molecule has 5 nitrogen and oxygen atoms in total. The van der Waals surface area contributed by atoms with E-state index in [4.69, 9.17) is 0 Å². The predicted octanol–water partition coefficient (Wildman–Crippen LogP) is 4.18. The van der Waals surface area contributed by atoms with Gasteiger partial charge in [-0.1, -0.05) is 48.2 Å². The van der Waals surface area contributed by atoms with Crippen LogP contribution in [0.25, 0.3) is 21.0 Å². The van der Waals surface area contributed by atoms with Crippen molar-refractivity contribution in [3.8, 4) is 0 Å². The summed E-state index contributed by atoms with van der Waals surface area (Å²) in [5, 5.41) is 6.05. The maximum Gasteiger partial charge on any atom is 0.260 e. The molecule has 1 amide bonds. The molecule has 2 N–H and O–H groups in total. The van der Waals surface area contributed by atoms with E-state index in [9.17, 15) is 9.59 Å². The summed E-state index contributed by atoms with van der Waals surface area (Å²) in [5.41, 5.74) is 0.607. The summed E-state index contributed by atoms with van der Waals surface area (Å²) in [6.07, 6.45) is 0. The lowest BCUT2D eigenvalue weighted by Crippen LogP contribution is -2.15. The van der Waals surface area contributed by atoms with Crippen LogP contribution in [0, 0.1) is 6.92 Å². The van der Waals surface area contributed by atoms with Crippen LogP contribution in [-0.2, 0) is 4.79 Å². The third-order valence-electron chi connectivity index (χ3n) is 3.91. The molecule has 2 aromatic carbocycles. The average Bonchev–Trinajstić information content (AvgIpc) is 3.01. The average molecular weight is 381 g/mol. The van der Waals surface area contributed by atoms with E-state index in [-0.39, 0.29) is 17.2 Å². The number of nitrogens with one attached hydrogen (secondary N) is 2. The van der Waals surface area contributed by atoms with Crippen molar-refractivity contribution in [2.45, 2.75) is 12.1 Å². The summed E-state index contributed by atoms with van der Waals surface area (Å²) in [6.45, 7) is 1.94. The highest BCUT2D eigenvalue weighted by molar-refractivity contribution is 7.99. The molecule has 0 saturated heterocycles. The molecule has 0 bridgehead atoms. The van der Waals surface area contributed by atoms with E-state index in [1.54, 1.807) is 0 Å². The number of aromatic amines is 1. The Bertz CT molecular complexity index is 1180.